The highest BCUT2D eigenvalue weighted by Gasteiger charge is 2.26. The molecular formula is C19H24N6O2. The lowest BCUT2D eigenvalue weighted by Gasteiger charge is -2.34. The number of benzene rings is 1. The molecule has 0 spiro atoms. The highest BCUT2D eigenvalue weighted by molar-refractivity contribution is 5.45. The predicted octanol–water partition coefficient (Wildman–Crippen LogP) is 2.37. The molecule has 0 radical (unpaired) electrons. The Morgan fingerprint density at radius 3 is 3.00 bits per heavy atom. The zero-order chi connectivity index (χ0) is 18.9. The molecule has 27 heavy (non-hydrogen) atoms. The number of ether oxygens (including phenoxy) is 2. The van der Waals surface area contributed by atoms with Gasteiger partial charge in [-0.3, -0.25) is 0 Å². The lowest BCUT2D eigenvalue weighted by Crippen LogP contribution is -2.39. The molecule has 8 nitrogen and oxygen atoms in total. The third-order valence-corrected chi connectivity index (χ3v) is 4.90. The van der Waals surface area contributed by atoms with E-state index in [9.17, 15) is 0 Å². The van der Waals surface area contributed by atoms with Crippen LogP contribution in [0.1, 0.15) is 38.0 Å². The van der Waals surface area contributed by atoms with Crippen molar-refractivity contribution in [2.45, 2.75) is 32.5 Å². The second kappa shape index (κ2) is 7.21. The maximum absolute atomic E-state index is 6.06. The van der Waals surface area contributed by atoms with Crippen LogP contribution in [-0.4, -0.2) is 51.6 Å². The van der Waals surface area contributed by atoms with Gasteiger partial charge in [-0.05, 0) is 54.5 Å². The number of aromatic nitrogens is 5. The predicted molar refractivity (Wildman–Crippen MR) is 101 cm³/mol. The van der Waals surface area contributed by atoms with Crippen LogP contribution in [0.5, 0.6) is 0 Å². The Hall–Kier alpha value is -2.58. The van der Waals surface area contributed by atoms with Crippen molar-refractivity contribution in [2.75, 3.05) is 31.2 Å². The molecule has 1 saturated heterocycles. The van der Waals surface area contributed by atoms with E-state index in [0.29, 0.717) is 18.9 Å². The minimum absolute atomic E-state index is 0.0255. The average molecular weight is 368 g/mol. The first-order chi connectivity index (χ1) is 13.1. The molecule has 8 heteroatoms. The van der Waals surface area contributed by atoms with Crippen molar-refractivity contribution < 1.29 is 9.47 Å². The molecule has 0 N–H and O–H groups in total. The van der Waals surface area contributed by atoms with Crippen LogP contribution in [0.25, 0.3) is 5.65 Å². The van der Waals surface area contributed by atoms with Crippen LogP contribution in [0.4, 0.5) is 5.82 Å². The largest absolute Gasteiger partial charge is 0.371 e. The SMILES string of the molecule is CCOC(C)(C)c1cccc(C2CN(c3ccc4nnnn4n3)CCO2)c1. The van der Waals surface area contributed by atoms with Gasteiger partial charge >= 0.3 is 0 Å². The van der Waals surface area contributed by atoms with Crippen molar-refractivity contribution >= 4 is 11.5 Å². The van der Waals surface area contributed by atoms with Gasteiger partial charge in [-0.25, -0.2) is 0 Å². The first-order valence-electron chi connectivity index (χ1n) is 9.23. The molecule has 3 aromatic rings. The Labute approximate surface area is 158 Å². The molecule has 0 bridgehead atoms. The average Bonchev–Trinajstić information content (AvgIpc) is 3.16. The second-order valence-corrected chi connectivity index (χ2v) is 7.09. The number of hydrogen-bond acceptors (Lipinski definition) is 7. The van der Waals surface area contributed by atoms with E-state index in [1.54, 1.807) is 0 Å². The summed E-state index contributed by atoms with van der Waals surface area (Å²) in [7, 11) is 0. The molecule has 0 saturated carbocycles. The molecule has 1 aromatic carbocycles. The number of fused-ring (bicyclic) bond motifs is 1. The number of nitrogens with zero attached hydrogens (tertiary/aromatic N) is 6. The van der Waals surface area contributed by atoms with E-state index in [1.165, 1.54) is 4.63 Å². The van der Waals surface area contributed by atoms with Crippen LogP contribution in [0.2, 0.25) is 0 Å². The van der Waals surface area contributed by atoms with Gasteiger partial charge in [0.05, 0.1) is 12.2 Å². The molecule has 1 atom stereocenters. The van der Waals surface area contributed by atoms with Crippen LogP contribution in [0.15, 0.2) is 36.4 Å². The Bertz CT molecular complexity index is 925. The van der Waals surface area contributed by atoms with Crippen molar-refractivity contribution in [1.82, 2.24) is 25.3 Å². The summed E-state index contributed by atoms with van der Waals surface area (Å²) in [5.41, 5.74) is 2.60. The van der Waals surface area contributed by atoms with Crippen LogP contribution >= 0.6 is 0 Å². The van der Waals surface area contributed by atoms with E-state index >= 15 is 0 Å². The molecule has 1 unspecified atom stereocenters. The molecule has 4 rings (SSSR count). The van der Waals surface area contributed by atoms with E-state index < -0.39 is 0 Å². The number of hydrogen-bond donors (Lipinski definition) is 0. The van der Waals surface area contributed by atoms with Gasteiger partial charge in [0.2, 0.25) is 0 Å². The Morgan fingerprint density at radius 2 is 2.15 bits per heavy atom. The summed E-state index contributed by atoms with van der Waals surface area (Å²) in [5, 5.41) is 15.9. The summed E-state index contributed by atoms with van der Waals surface area (Å²) in [6, 6.07) is 12.3. The third kappa shape index (κ3) is 3.63. The lowest BCUT2D eigenvalue weighted by molar-refractivity contribution is -0.0144. The molecule has 2 aromatic heterocycles. The zero-order valence-electron chi connectivity index (χ0n) is 15.9. The summed E-state index contributed by atoms with van der Waals surface area (Å²) < 4.78 is 13.4. The van der Waals surface area contributed by atoms with Crippen molar-refractivity contribution in [3.63, 3.8) is 0 Å². The fourth-order valence-electron chi connectivity index (χ4n) is 3.43. The van der Waals surface area contributed by atoms with E-state index in [-0.39, 0.29) is 11.7 Å². The van der Waals surface area contributed by atoms with Gasteiger partial charge in [-0.15, -0.1) is 14.8 Å². The maximum atomic E-state index is 6.06. The van der Waals surface area contributed by atoms with Crippen LogP contribution in [-0.2, 0) is 15.1 Å². The summed E-state index contributed by atoms with van der Waals surface area (Å²) in [6.45, 7) is 9.02. The smallest absolute Gasteiger partial charge is 0.200 e. The van der Waals surface area contributed by atoms with Gasteiger partial charge in [-0.1, -0.05) is 24.3 Å². The molecular weight excluding hydrogens is 344 g/mol. The van der Waals surface area contributed by atoms with Crippen LogP contribution in [0, 0.1) is 0 Å². The van der Waals surface area contributed by atoms with E-state index in [1.807, 2.05) is 19.1 Å². The van der Waals surface area contributed by atoms with Gasteiger partial charge < -0.3 is 14.4 Å². The summed E-state index contributed by atoms with van der Waals surface area (Å²) in [6.07, 6.45) is -0.0255. The van der Waals surface area contributed by atoms with Crippen molar-refractivity contribution in [3.05, 3.63) is 47.5 Å². The van der Waals surface area contributed by atoms with E-state index in [4.69, 9.17) is 9.47 Å². The van der Waals surface area contributed by atoms with E-state index in [0.717, 1.165) is 30.0 Å². The van der Waals surface area contributed by atoms with Gasteiger partial charge in [0.15, 0.2) is 11.5 Å². The normalized spacial score (nSPS) is 18.2. The number of tetrazole rings is 1. The topological polar surface area (TPSA) is 77.7 Å². The van der Waals surface area contributed by atoms with Crippen LogP contribution in [0.3, 0.4) is 0 Å². The number of rotatable bonds is 5. The van der Waals surface area contributed by atoms with E-state index in [2.05, 4.69) is 63.6 Å². The van der Waals surface area contributed by atoms with Crippen molar-refractivity contribution in [2.24, 2.45) is 0 Å². The van der Waals surface area contributed by atoms with Gasteiger partial charge in [0.1, 0.15) is 6.10 Å². The van der Waals surface area contributed by atoms with Gasteiger partial charge in [0.25, 0.3) is 0 Å². The molecule has 1 aliphatic heterocycles. The standard InChI is InChI=1S/C19H24N6O2/c1-4-27-19(2,3)15-7-5-6-14(12-15)16-13-24(10-11-26-16)18-9-8-17-20-22-23-25(17)21-18/h5-9,12,16H,4,10-11,13H2,1-3H3. The highest BCUT2D eigenvalue weighted by atomic mass is 16.5. The second-order valence-electron chi connectivity index (χ2n) is 7.09. The summed E-state index contributed by atoms with van der Waals surface area (Å²) in [5.74, 6) is 0.842. The minimum Gasteiger partial charge on any atom is -0.371 e. The first-order valence-corrected chi connectivity index (χ1v) is 9.23. The fourth-order valence-corrected chi connectivity index (χ4v) is 3.43. The fraction of sp³-hybridized carbons (Fsp3) is 0.474. The van der Waals surface area contributed by atoms with Gasteiger partial charge in [-0.2, -0.15) is 0 Å². The Morgan fingerprint density at radius 1 is 1.26 bits per heavy atom. The highest BCUT2D eigenvalue weighted by Crippen LogP contribution is 2.30. The number of anilines is 1. The molecule has 142 valence electrons. The molecule has 3 heterocycles. The first kappa shape index (κ1) is 17.8. The Kier molecular flexibility index (Phi) is 4.75. The monoisotopic (exact) mass is 368 g/mol. The molecule has 1 fully saturated rings. The quantitative estimate of drug-likeness (QED) is 0.684. The maximum Gasteiger partial charge on any atom is 0.200 e. The molecule has 1 aliphatic rings. The van der Waals surface area contributed by atoms with Crippen molar-refractivity contribution in [3.8, 4) is 0 Å². The molecule has 0 aliphatic carbocycles. The summed E-state index contributed by atoms with van der Waals surface area (Å²) in [4.78, 5) is 2.20. The minimum atomic E-state index is -0.328. The lowest BCUT2D eigenvalue weighted by atomic mass is 9.94. The molecule has 0 amide bonds. The van der Waals surface area contributed by atoms with Gasteiger partial charge in [0, 0.05) is 19.7 Å². The van der Waals surface area contributed by atoms with Crippen molar-refractivity contribution in [1.29, 1.82) is 0 Å². The number of morpholine rings is 1. The Balaban J connectivity index is 1.56. The van der Waals surface area contributed by atoms with Crippen LogP contribution < -0.4 is 4.90 Å². The summed E-state index contributed by atoms with van der Waals surface area (Å²) >= 11 is 0. The zero-order valence-corrected chi connectivity index (χ0v) is 15.9. The third-order valence-electron chi connectivity index (χ3n) is 4.90.